The molecule has 1 fully saturated rings. The van der Waals surface area contributed by atoms with E-state index in [1.165, 1.54) is 0 Å². The van der Waals surface area contributed by atoms with E-state index in [2.05, 4.69) is 10.3 Å². The first-order chi connectivity index (χ1) is 11.6. The van der Waals surface area contributed by atoms with Gasteiger partial charge in [-0.25, -0.2) is 4.98 Å². The zero-order valence-corrected chi connectivity index (χ0v) is 13.5. The molecule has 5 heteroatoms. The molecule has 0 spiro atoms. The highest BCUT2D eigenvalue weighted by atomic mass is 16.3. The quantitative estimate of drug-likeness (QED) is 0.768. The number of nitrogens with one attached hydrogen (secondary N) is 1. The Morgan fingerprint density at radius 1 is 1.25 bits per heavy atom. The van der Waals surface area contributed by atoms with Gasteiger partial charge < -0.3 is 15.5 Å². The number of oxazole rings is 1. The number of aryl methyl sites for hydroxylation is 1. The van der Waals surface area contributed by atoms with E-state index in [-0.39, 0.29) is 5.91 Å². The SMILES string of the molecule is Cc1ccc(C(N)C(=O)Nc2ccc3nc(C4CC4)oc3c2)cc1. The van der Waals surface area contributed by atoms with Crippen molar-refractivity contribution in [3.05, 3.63) is 59.5 Å². The molecule has 1 amide bonds. The summed E-state index contributed by atoms with van der Waals surface area (Å²) in [4.78, 5) is 16.9. The van der Waals surface area contributed by atoms with E-state index in [0.29, 0.717) is 17.2 Å². The van der Waals surface area contributed by atoms with Crippen LogP contribution in [0.1, 0.15) is 41.8 Å². The van der Waals surface area contributed by atoms with Crippen LogP contribution in [0.4, 0.5) is 5.69 Å². The molecule has 1 aliphatic rings. The number of nitrogens with two attached hydrogens (primary N) is 1. The van der Waals surface area contributed by atoms with Gasteiger partial charge in [-0.3, -0.25) is 4.79 Å². The van der Waals surface area contributed by atoms with E-state index in [9.17, 15) is 4.79 Å². The van der Waals surface area contributed by atoms with Crippen molar-refractivity contribution in [1.82, 2.24) is 4.98 Å². The Hall–Kier alpha value is -2.66. The normalized spacial score (nSPS) is 15.4. The first-order valence-electron chi connectivity index (χ1n) is 8.13. The topological polar surface area (TPSA) is 81.2 Å². The molecule has 1 unspecified atom stereocenters. The van der Waals surface area contributed by atoms with Crippen LogP contribution >= 0.6 is 0 Å². The number of amides is 1. The second kappa shape index (κ2) is 5.76. The molecule has 0 aliphatic heterocycles. The number of aromatic nitrogens is 1. The minimum atomic E-state index is -0.710. The summed E-state index contributed by atoms with van der Waals surface area (Å²) in [5.74, 6) is 1.01. The number of hydrogen-bond acceptors (Lipinski definition) is 4. The van der Waals surface area contributed by atoms with E-state index in [4.69, 9.17) is 10.2 Å². The maximum Gasteiger partial charge on any atom is 0.245 e. The smallest absolute Gasteiger partial charge is 0.245 e. The van der Waals surface area contributed by atoms with E-state index >= 15 is 0 Å². The van der Waals surface area contributed by atoms with Gasteiger partial charge >= 0.3 is 0 Å². The summed E-state index contributed by atoms with van der Waals surface area (Å²) < 4.78 is 5.78. The Bertz CT molecular complexity index is 895. The first-order valence-corrected chi connectivity index (χ1v) is 8.13. The first kappa shape index (κ1) is 14.9. The molecule has 0 radical (unpaired) electrons. The van der Waals surface area contributed by atoms with Crippen molar-refractivity contribution < 1.29 is 9.21 Å². The summed E-state index contributed by atoms with van der Waals surface area (Å²) >= 11 is 0. The zero-order chi connectivity index (χ0) is 16.7. The Morgan fingerprint density at radius 2 is 2.00 bits per heavy atom. The minimum Gasteiger partial charge on any atom is -0.440 e. The van der Waals surface area contributed by atoms with E-state index in [0.717, 1.165) is 35.4 Å². The Morgan fingerprint density at radius 3 is 2.71 bits per heavy atom. The molecule has 1 saturated carbocycles. The van der Waals surface area contributed by atoms with Gasteiger partial charge in [0.05, 0.1) is 0 Å². The number of nitrogens with zero attached hydrogens (tertiary/aromatic N) is 1. The summed E-state index contributed by atoms with van der Waals surface area (Å²) in [5.41, 5.74) is 10.1. The molecule has 1 aliphatic carbocycles. The molecular formula is C19H19N3O2. The average molecular weight is 321 g/mol. The van der Waals surface area contributed by atoms with Crippen LogP contribution < -0.4 is 11.1 Å². The molecule has 2 aromatic carbocycles. The Balaban J connectivity index is 1.52. The molecule has 24 heavy (non-hydrogen) atoms. The van der Waals surface area contributed by atoms with Gasteiger partial charge in [0.15, 0.2) is 11.5 Å². The van der Waals surface area contributed by atoms with Crippen molar-refractivity contribution in [3.8, 4) is 0 Å². The lowest BCUT2D eigenvalue weighted by atomic mass is 10.1. The number of rotatable bonds is 4. The third-order valence-corrected chi connectivity index (χ3v) is 4.32. The summed E-state index contributed by atoms with van der Waals surface area (Å²) in [6.45, 7) is 2.00. The summed E-state index contributed by atoms with van der Waals surface area (Å²) in [6, 6.07) is 12.4. The van der Waals surface area contributed by atoms with Crippen molar-refractivity contribution in [2.45, 2.75) is 31.7 Å². The van der Waals surface area contributed by atoms with Crippen LogP contribution in [0.2, 0.25) is 0 Å². The van der Waals surface area contributed by atoms with Crippen LogP contribution in [0.3, 0.4) is 0 Å². The maximum absolute atomic E-state index is 12.4. The van der Waals surface area contributed by atoms with Crippen molar-refractivity contribution in [3.63, 3.8) is 0 Å². The number of anilines is 1. The van der Waals surface area contributed by atoms with Crippen LogP contribution in [-0.4, -0.2) is 10.9 Å². The van der Waals surface area contributed by atoms with Gasteiger partial charge in [0, 0.05) is 17.7 Å². The number of carbonyl (C=O) groups excluding carboxylic acids is 1. The number of benzene rings is 2. The lowest BCUT2D eigenvalue weighted by Crippen LogP contribution is -2.27. The molecule has 1 atom stereocenters. The van der Waals surface area contributed by atoms with Gasteiger partial charge in [0.25, 0.3) is 0 Å². The molecule has 1 heterocycles. The van der Waals surface area contributed by atoms with Crippen LogP contribution in [0, 0.1) is 6.92 Å². The highest BCUT2D eigenvalue weighted by Gasteiger charge is 2.29. The van der Waals surface area contributed by atoms with E-state index in [1.54, 1.807) is 6.07 Å². The molecule has 122 valence electrons. The molecule has 1 aromatic heterocycles. The van der Waals surface area contributed by atoms with Crippen LogP contribution in [-0.2, 0) is 4.79 Å². The van der Waals surface area contributed by atoms with Crippen molar-refractivity contribution in [1.29, 1.82) is 0 Å². The van der Waals surface area contributed by atoms with Crippen molar-refractivity contribution in [2.75, 3.05) is 5.32 Å². The van der Waals surface area contributed by atoms with Crippen LogP contribution in [0.5, 0.6) is 0 Å². The standard InChI is InChI=1S/C19H19N3O2/c1-11-2-4-12(5-3-11)17(20)18(23)21-14-8-9-15-16(10-14)24-19(22-15)13-6-7-13/h2-5,8-10,13,17H,6-7,20H2,1H3,(H,21,23). The second-order valence-corrected chi connectivity index (χ2v) is 6.39. The molecule has 5 nitrogen and oxygen atoms in total. The van der Waals surface area contributed by atoms with Crippen LogP contribution in [0.25, 0.3) is 11.1 Å². The van der Waals surface area contributed by atoms with Crippen molar-refractivity contribution in [2.24, 2.45) is 5.73 Å². The Labute approximate surface area is 139 Å². The van der Waals surface area contributed by atoms with Gasteiger partial charge in [-0.2, -0.15) is 0 Å². The van der Waals surface area contributed by atoms with E-state index in [1.807, 2.05) is 43.3 Å². The molecule has 4 rings (SSSR count). The fourth-order valence-electron chi connectivity index (χ4n) is 2.67. The third kappa shape index (κ3) is 2.90. The molecule has 0 saturated heterocycles. The summed E-state index contributed by atoms with van der Waals surface area (Å²) in [5, 5.41) is 2.85. The highest BCUT2D eigenvalue weighted by Crippen LogP contribution is 2.40. The fraction of sp³-hybridized carbons (Fsp3) is 0.263. The van der Waals surface area contributed by atoms with Gasteiger partial charge in [-0.05, 0) is 37.5 Å². The predicted octanol–water partition coefficient (Wildman–Crippen LogP) is 3.65. The lowest BCUT2D eigenvalue weighted by Gasteiger charge is -2.12. The predicted molar refractivity (Wildman–Crippen MR) is 92.7 cm³/mol. The monoisotopic (exact) mass is 321 g/mol. The molecular weight excluding hydrogens is 302 g/mol. The van der Waals surface area contributed by atoms with E-state index < -0.39 is 6.04 Å². The maximum atomic E-state index is 12.4. The average Bonchev–Trinajstić information content (AvgIpc) is 3.34. The number of hydrogen-bond donors (Lipinski definition) is 2. The zero-order valence-electron chi connectivity index (χ0n) is 13.5. The number of carbonyl (C=O) groups is 1. The van der Waals surface area contributed by atoms with Gasteiger partial charge in [-0.1, -0.05) is 29.8 Å². The van der Waals surface area contributed by atoms with Crippen molar-refractivity contribution >= 4 is 22.7 Å². The largest absolute Gasteiger partial charge is 0.440 e. The van der Waals surface area contributed by atoms with Gasteiger partial charge in [0.2, 0.25) is 5.91 Å². The minimum absolute atomic E-state index is 0.250. The summed E-state index contributed by atoms with van der Waals surface area (Å²) in [7, 11) is 0. The third-order valence-electron chi connectivity index (χ3n) is 4.32. The second-order valence-electron chi connectivity index (χ2n) is 6.39. The Kier molecular flexibility index (Phi) is 3.58. The van der Waals surface area contributed by atoms with Gasteiger partial charge in [-0.15, -0.1) is 0 Å². The van der Waals surface area contributed by atoms with Crippen LogP contribution in [0.15, 0.2) is 46.9 Å². The lowest BCUT2D eigenvalue weighted by molar-refractivity contribution is -0.117. The molecule has 3 N–H and O–H groups in total. The molecule has 0 bridgehead atoms. The molecule has 3 aromatic rings. The summed E-state index contributed by atoms with van der Waals surface area (Å²) in [6.07, 6.45) is 2.28. The fourth-order valence-corrected chi connectivity index (χ4v) is 2.67. The number of fused-ring (bicyclic) bond motifs is 1. The highest BCUT2D eigenvalue weighted by molar-refractivity contribution is 5.96. The van der Waals surface area contributed by atoms with Gasteiger partial charge in [0.1, 0.15) is 11.6 Å².